The van der Waals surface area contributed by atoms with Crippen molar-refractivity contribution in [3.8, 4) is 0 Å². The second kappa shape index (κ2) is 6.29. The molecule has 3 rings (SSSR count). The Morgan fingerprint density at radius 3 is 2.15 bits per heavy atom. The lowest BCUT2D eigenvalue weighted by Crippen LogP contribution is -2.50. The Balaban J connectivity index is 2.22. The summed E-state index contributed by atoms with van der Waals surface area (Å²) in [5.41, 5.74) is 9.21. The van der Waals surface area contributed by atoms with Crippen molar-refractivity contribution in [2.75, 3.05) is 5.01 Å². The molecule has 2 atom stereocenters. The summed E-state index contributed by atoms with van der Waals surface area (Å²) in [4.78, 5) is 2.36. The van der Waals surface area contributed by atoms with Gasteiger partial charge in [0.2, 0.25) is 0 Å². The molecular weight excluding hydrogens is 318 g/mol. The number of fused-ring (bicyclic) bond motifs is 1. The van der Waals surface area contributed by atoms with Gasteiger partial charge in [0, 0.05) is 11.1 Å². The average molecular weight is 352 g/mol. The van der Waals surface area contributed by atoms with Crippen LogP contribution in [0, 0.1) is 26.2 Å². The summed E-state index contributed by atoms with van der Waals surface area (Å²) in [5, 5.41) is 7.23. The van der Waals surface area contributed by atoms with Gasteiger partial charge in [0.15, 0.2) is 6.17 Å². The molecule has 0 spiro atoms. The summed E-state index contributed by atoms with van der Waals surface area (Å²) in [6, 6.07) is 4.51. The molecule has 0 saturated carbocycles. The fourth-order valence-electron chi connectivity index (χ4n) is 5.09. The molecule has 0 saturated heterocycles. The van der Waals surface area contributed by atoms with Crippen molar-refractivity contribution in [3.63, 3.8) is 0 Å². The molecule has 3 heteroatoms. The van der Waals surface area contributed by atoms with Crippen molar-refractivity contribution in [3.05, 3.63) is 52.2 Å². The minimum absolute atomic E-state index is 0.0134. The molecule has 1 aromatic carbocycles. The zero-order chi connectivity index (χ0) is 19.4. The highest BCUT2D eigenvalue weighted by molar-refractivity contribution is 5.88. The van der Waals surface area contributed by atoms with E-state index in [0.717, 1.165) is 18.7 Å². The third-order valence-electron chi connectivity index (χ3n) is 6.46. The van der Waals surface area contributed by atoms with E-state index in [2.05, 4.69) is 84.0 Å². The van der Waals surface area contributed by atoms with Gasteiger partial charge in [-0.2, -0.15) is 5.10 Å². The number of hydrazone groups is 1. The van der Waals surface area contributed by atoms with Gasteiger partial charge in [-0.15, -0.1) is 0 Å². The SMILES string of the molecule is C=C1N2C(C)=NN(c3c(C)cc(C)cc3C)C2C(C)=C(CC)C1(C)CC. The van der Waals surface area contributed by atoms with Crippen LogP contribution < -0.4 is 5.01 Å². The highest BCUT2D eigenvalue weighted by Gasteiger charge is 2.48. The maximum Gasteiger partial charge on any atom is 0.150 e. The Morgan fingerprint density at radius 1 is 1.08 bits per heavy atom. The molecule has 0 fully saturated rings. The molecule has 0 bridgehead atoms. The summed E-state index contributed by atoms with van der Waals surface area (Å²) < 4.78 is 0. The molecule has 1 aromatic rings. The minimum atomic E-state index is 0.0134. The van der Waals surface area contributed by atoms with E-state index in [0.29, 0.717) is 0 Å². The molecule has 0 amide bonds. The number of amidine groups is 1. The largest absolute Gasteiger partial charge is 0.305 e. The lowest BCUT2D eigenvalue weighted by molar-refractivity contribution is 0.281. The molecule has 2 aliphatic rings. The summed E-state index contributed by atoms with van der Waals surface area (Å²) in [5.74, 6) is 1.04. The van der Waals surface area contributed by atoms with Gasteiger partial charge in [-0.05, 0) is 64.2 Å². The predicted molar refractivity (Wildman–Crippen MR) is 112 cm³/mol. The van der Waals surface area contributed by atoms with Crippen LogP contribution in [0.3, 0.4) is 0 Å². The van der Waals surface area contributed by atoms with Crippen molar-refractivity contribution in [1.29, 1.82) is 0 Å². The van der Waals surface area contributed by atoms with Gasteiger partial charge in [0.25, 0.3) is 0 Å². The van der Waals surface area contributed by atoms with Crippen LogP contribution in [0.2, 0.25) is 0 Å². The molecule has 140 valence electrons. The van der Waals surface area contributed by atoms with Crippen LogP contribution in [0.25, 0.3) is 0 Å². The Kier molecular flexibility index (Phi) is 4.54. The normalized spacial score (nSPS) is 25.8. The fourth-order valence-corrected chi connectivity index (χ4v) is 5.09. The van der Waals surface area contributed by atoms with Gasteiger partial charge in [-0.1, -0.05) is 50.6 Å². The Hall–Kier alpha value is -2.03. The summed E-state index contributed by atoms with van der Waals surface area (Å²) in [6.07, 6.45) is 2.22. The van der Waals surface area contributed by atoms with Gasteiger partial charge in [0.1, 0.15) is 5.84 Å². The first-order valence-electron chi connectivity index (χ1n) is 9.78. The van der Waals surface area contributed by atoms with Gasteiger partial charge in [0.05, 0.1) is 5.69 Å². The van der Waals surface area contributed by atoms with Crippen LogP contribution in [0.15, 0.2) is 40.7 Å². The van der Waals surface area contributed by atoms with Crippen molar-refractivity contribution >= 4 is 11.5 Å². The third-order valence-corrected chi connectivity index (χ3v) is 6.46. The van der Waals surface area contributed by atoms with E-state index in [4.69, 9.17) is 5.10 Å². The summed E-state index contributed by atoms with van der Waals surface area (Å²) >= 11 is 0. The predicted octanol–water partition coefficient (Wildman–Crippen LogP) is 6.06. The molecule has 3 nitrogen and oxygen atoms in total. The number of benzene rings is 1. The van der Waals surface area contributed by atoms with Crippen molar-refractivity contribution in [2.45, 2.75) is 74.4 Å². The topological polar surface area (TPSA) is 18.8 Å². The number of allylic oxidation sites excluding steroid dienone is 1. The Morgan fingerprint density at radius 2 is 1.65 bits per heavy atom. The van der Waals surface area contributed by atoms with Crippen LogP contribution in [-0.4, -0.2) is 16.9 Å². The van der Waals surface area contributed by atoms with Crippen LogP contribution in [-0.2, 0) is 0 Å². The van der Waals surface area contributed by atoms with Crippen LogP contribution in [0.4, 0.5) is 5.69 Å². The zero-order valence-corrected chi connectivity index (χ0v) is 17.7. The fraction of sp³-hybridized carbons (Fsp3) is 0.522. The minimum Gasteiger partial charge on any atom is -0.305 e. The van der Waals surface area contributed by atoms with Crippen LogP contribution >= 0.6 is 0 Å². The first-order chi connectivity index (χ1) is 12.2. The van der Waals surface area contributed by atoms with E-state index in [1.807, 2.05) is 0 Å². The molecule has 0 radical (unpaired) electrons. The number of hydrogen-bond donors (Lipinski definition) is 0. The van der Waals surface area contributed by atoms with Gasteiger partial charge in [-0.3, -0.25) is 0 Å². The highest BCUT2D eigenvalue weighted by Crippen LogP contribution is 2.51. The van der Waals surface area contributed by atoms with E-state index >= 15 is 0 Å². The van der Waals surface area contributed by atoms with E-state index < -0.39 is 0 Å². The summed E-state index contributed by atoms with van der Waals surface area (Å²) in [7, 11) is 0. The van der Waals surface area contributed by atoms with Crippen molar-refractivity contribution in [1.82, 2.24) is 4.90 Å². The second-order valence-corrected chi connectivity index (χ2v) is 8.13. The average Bonchev–Trinajstić information content (AvgIpc) is 2.89. The molecule has 0 N–H and O–H groups in total. The molecule has 2 unspecified atom stereocenters. The lowest BCUT2D eigenvalue weighted by atomic mass is 9.70. The molecule has 2 aliphatic heterocycles. The Labute approximate surface area is 159 Å². The molecule has 2 heterocycles. The number of rotatable bonds is 3. The van der Waals surface area contributed by atoms with Gasteiger partial charge in [-0.25, -0.2) is 5.01 Å². The van der Waals surface area contributed by atoms with E-state index in [-0.39, 0.29) is 11.6 Å². The van der Waals surface area contributed by atoms with E-state index in [1.54, 1.807) is 0 Å². The van der Waals surface area contributed by atoms with Gasteiger partial charge < -0.3 is 4.90 Å². The summed E-state index contributed by atoms with van der Waals surface area (Å²) in [6.45, 7) is 22.3. The van der Waals surface area contributed by atoms with Crippen molar-refractivity contribution < 1.29 is 0 Å². The quantitative estimate of drug-likeness (QED) is 0.616. The maximum absolute atomic E-state index is 5.00. The number of hydrogen-bond acceptors (Lipinski definition) is 3. The lowest BCUT2D eigenvalue weighted by Gasteiger charge is -2.48. The van der Waals surface area contributed by atoms with Crippen LogP contribution in [0.5, 0.6) is 0 Å². The van der Waals surface area contributed by atoms with E-state index in [1.165, 1.54) is 39.2 Å². The van der Waals surface area contributed by atoms with Crippen LogP contribution in [0.1, 0.15) is 64.2 Å². The zero-order valence-electron chi connectivity index (χ0n) is 17.7. The third kappa shape index (κ3) is 2.44. The van der Waals surface area contributed by atoms with Gasteiger partial charge >= 0.3 is 0 Å². The smallest absolute Gasteiger partial charge is 0.150 e. The Bertz CT molecular complexity index is 807. The molecule has 0 aliphatic carbocycles. The number of nitrogens with zero attached hydrogens (tertiary/aromatic N) is 3. The molecule has 26 heavy (non-hydrogen) atoms. The van der Waals surface area contributed by atoms with Crippen molar-refractivity contribution in [2.24, 2.45) is 10.5 Å². The van der Waals surface area contributed by atoms with E-state index in [9.17, 15) is 0 Å². The maximum atomic E-state index is 5.00. The highest BCUT2D eigenvalue weighted by atomic mass is 15.6. The molecular formula is C23H33N3. The second-order valence-electron chi connectivity index (χ2n) is 8.13. The number of anilines is 1. The first kappa shape index (κ1) is 18.8. The first-order valence-corrected chi connectivity index (χ1v) is 9.78. The monoisotopic (exact) mass is 351 g/mol. The standard InChI is InChI=1S/C23H33N3/c1-10-20-17(6)22-25(18(7)23(20,9)11-2)19(8)24-26(22)21-15(4)12-14(3)13-16(21)5/h12-13,22H,7,10-11H2,1-6,8-9H3. The number of aryl methyl sites for hydroxylation is 3. The molecule has 0 aromatic heterocycles.